The molecule has 112 valence electrons. The average molecular weight is 387 g/mol. The van der Waals surface area contributed by atoms with Gasteiger partial charge in [0, 0.05) is 12.5 Å². The lowest BCUT2D eigenvalue weighted by Gasteiger charge is -2.18. The Balaban J connectivity index is 2.04. The van der Waals surface area contributed by atoms with Crippen LogP contribution in [0.5, 0.6) is 0 Å². The van der Waals surface area contributed by atoms with E-state index in [0.717, 1.165) is 21.5 Å². The van der Waals surface area contributed by atoms with Gasteiger partial charge in [-0.3, -0.25) is 4.31 Å². The van der Waals surface area contributed by atoms with E-state index in [-0.39, 0.29) is 5.92 Å². The van der Waals surface area contributed by atoms with Crippen LogP contribution in [0, 0.1) is 0 Å². The maximum absolute atomic E-state index is 12.8. The SMILES string of the molecule is NCCC1CN(S(=O)(=O)c2ccc(Br)s2)c2ccccc21. The Bertz CT molecular complexity index is 758. The molecule has 1 aliphatic rings. The van der Waals surface area contributed by atoms with Crippen LogP contribution in [0.1, 0.15) is 17.9 Å². The van der Waals surface area contributed by atoms with Crippen LogP contribution in [-0.2, 0) is 10.0 Å². The van der Waals surface area contributed by atoms with Gasteiger partial charge >= 0.3 is 0 Å². The van der Waals surface area contributed by atoms with Crippen LogP contribution in [0.25, 0.3) is 0 Å². The summed E-state index contributed by atoms with van der Waals surface area (Å²) in [5.41, 5.74) is 7.51. The molecule has 2 aromatic rings. The lowest BCUT2D eigenvalue weighted by Crippen LogP contribution is -2.29. The summed E-state index contributed by atoms with van der Waals surface area (Å²) in [7, 11) is -3.50. The average Bonchev–Trinajstić information content (AvgIpc) is 3.05. The minimum absolute atomic E-state index is 0.171. The normalized spacial score (nSPS) is 18.0. The number of anilines is 1. The molecule has 0 radical (unpaired) electrons. The third-order valence-electron chi connectivity index (χ3n) is 3.64. The maximum atomic E-state index is 12.8. The molecule has 0 saturated carbocycles. The molecule has 21 heavy (non-hydrogen) atoms. The Labute approximate surface area is 136 Å². The van der Waals surface area contributed by atoms with Gasteiger partial charge in [0.25, 0.3) is 10.0 Å². The van der Waals surface area contributed by atoms with Gasteiger partial charge in [-0.25, -0.2) is 8.42 Å². The topological polar surface area (TPSA) is 63.4 Å². The third-order valence-corrected chi connectivity index (χ3v) is 7.51. The molecule has 4 nitrogen and oxygen atoms in total. The number of halogens is 1. The molecule has 1 atom stereocenters. The first kappa shape index (κ1) is 15.0. The first-order chi connectivity index (χ1) is 10.0. The summed E-state index contributed by atoms with van der Waals surface area (Å²) in [5.74, 6) is 0.171. The molecule has 0 saturated heterocycles. The van der Waals surface area contributed by atoms with Crippen molar-refractivity contribution in [1.29, 1.82) is 0 Å². The molecule has 0 bridgehead atoms. The fourth-order valence-electron chi connectivity index (χ4n) is 2.68. The van der Waals surface area contributed by atoms with E-state index in [2.05, 4.69) is 15.9 Å². The fourth-order valence-corrected chi connectivity index (χ4v) is 6.34. The predicted molar refractivity (Wildman–Crippen MR) is 89.4 cm³/mol. The molecule has 0 aliphatic carbocycles. The van der Waals surface area contributed by atoms with Crippen molar-refractivity contribution in [2.24, 2.45) is 5.73 Å². The molecule has 3 rings (SSSR count). The van der Waals surface area contributed by atoms with E-state index in [4.69, 9.17) is 5.73 Å². The Morgan fingerprint density at radius 1 is 1.29 bits per heavy atom. The Hall–Kier alpha value is -0.890. The van der Waals surface area contributed by atoms with Crippen molar-refractivity contribution in [2.75, 3.05) is 17.4 Å². The molecule has 1 aliphatic heterocycles. The number of para-hydroxylation sites is 1. The van der Waals surface area contributed by atoms with Crippen LogP contribution in [-0.4, -0.2) is 21.5 Å². The summed E-state index contributed by atoms with van der Waals surface area (Å²) in [6, 6.07) is 11.1. The number of hydrogen-bond donors (Lipinski definition) is 1. The summed E-state index contributed by atoms with van der Waals surface area (Å²) in [6.45, 7) is 1.02. The maximum Gasteiger partial charge on any atom is 0.273 e. The molecule has 1 aromatic carbocycles. The molecule has 0 fully saturated rings. The van der Waals surface area contributed by atoms with Crippen LogP contribution in [0.2, 0.25) is 0 Å². The molecule has 2 N–H and O–H groups in total. The summed E-state index contributed by atoms with van der Waals surface area (Å²) >= 11 is 4.55. The van der Waals surface area contributed by atoms with Gasteiger partial charge in [0.2, 0.25) is 0 Å². The Morgan fingerprint density at radius 2 is 2.05 bits per heavy atom. The molecular weight excluding hydrogens is 372 g/mol. The molecule has 0 amide bonds. The largest absolute Gasteiger partial charge is 0.330 e. The van der Waals surface area contributed by atoms with Crippen molar-refractivity contribution in [1.82, 2.24) is 0 Å². The van der Waals surface area contributed by atoms with Crippen molar-refractivity contribution in [3.05, 3.63) is 45.7 Å². The van der Waals surface area contributed by atoms with E-state index in [1.807, 2.05) is 24.3 Å². The van der Waals surface area contributed by atoms with E-state index in [0.29, 0.717) is 17.3 Å². The zero-order chi connectivity index (χ0) is 15.0. The molecular formula is C14H15BrN2O2S2. The summed E-state index contributed by atoms with van der Waals surface area (Å²) in [4.78, 5) is 0. The second-order valence-electron chi connectivity index (χ2n) is 4.93. The van der Waals surface area contributed by atoms with Crippen LogP contribution in [0.15, 0.2) is 44.4 Å². The van der Waals surface area contributed by atoms with Gasteiger partial charge in [-0.05, 0) is 52.7 Å². The van der Waals surface area contributed by atoms with Gasteiger partial charge in [0.1, 0.15) is 4.21 Å². The number of fused-ring (bicyclic) bond motifs is 1. The second-order valence-corrected chi connectivity index (χ2v) is 9.48. The number of sulfonamides is 1. The van der Waals surface area contributed by atoms with Gasteiger partial charge in [0.15, 0.2) is 0 Å². The second kappa shape index (κ2) is 5.72. The Morgan fingerprint density at radius 3 is 2.71 bits per heavy atom. The van der Waals surface area contributed by atoms with Gasteiger partial charge in [0.05, 0.1) is 9.47 Å². The number of benzene rings is 1. The molecule has 7 heteroatoms. The van der Waals surface area contributed by atoms with E-state index < -0.39 is 10.0 Å². The minimum atomic E-state index is -3.50. The predicted octanol–water partition coefficient (Wildman–Crippen LogP) is 3.15. The highest BCUT2D eigenvalue weighted by Crippen LogP contribution is 2.42. The zero-order valence-corrected chi connectivity index (χ0v) is 14.4. The first-order valence-electron chi connectivity index (χ1n) is 6.61. The fraction of sp³-hybridized carbons (Fsp3) is 0.286. The van der Waals surface area contributed by atoms with Crippen molar-refractivity contribution in [2.45, 2.75) is 16.5 Å². The monoisotopic (exact) mass is 386 g/mol. The number of nitrogens with two attached hydrogens (primary N) is 1. The van der Waals surface area contributed by atoms with Crippen LogP contribution < -0.4 is 10.0 Å². The van der Waals surface area contributed by atoms with E-state index in [1.165, 1.54) is 15.6 Å². The first-order valence-corrected chi connectivity index (χ1v) is 9.66. The van der Waals surface area contributed by atoms with Gasteiger partial charge in [-0.15, -0.1) is 11.3 Å². The van der Waals surface area contributed by atoms with Crippen molar-refractivity contribution in [3.8, 4) is 0 Å². The number of nitrogens with zero attached hydrogens (tertiary/aromatic N) is 1. The van der Waals surface area contributed by atoms with Crippen molar-refractivity contribution < 1.29 is 8.42 Å². The summed E-state index contributed by atoms with van der Waals surface area (Å²) in [6.07, 6.45) is 0.789. The summed E-state index contributed by atoms with van der Waals surface area (Å²) < 4.78 is 28.4. The Kier molecular flexibility index (Phi) is 4.09. The van der Waals surface area contributed by atoms with E-state index in [1.54, 1.807) is 12.1 Å². The number of thiophene rings is 1. The molecule has 1 aromatic heterocycles. The van der Waals surface area contributed by atoms with E-state index in [9.17, 15) is 8.42 Å². The highest BCUT2D eigenvalue weighted by atomic mass is 79.9. The lowest BCUT2D eigenvalue weighted by molar-refractivity contribution is 0.588. The highest BCUT2D eigenvalue weighted by Gasteiger charge is 2.36. The standard InChI is InChI=1S/C14H15BrN2O2S2/c15-13-5-6-14(20-13)21(18,19)17-9-10(7-8-16)11-3-1-2-4-12(11)17/h1-6,10H,7-9,16H2. The number of rotatable bonds is 4. The molecule has 2 heterocycles. The van der Waals surface area contributed by atoms with Crippen LogP contribution in [0.3, 0.4) is 0 Å². The molecule has 0 spiro atoms. The van der Waals surface area contributed by atoms with Crippen molar-refractivity contribution >= 4 is 43.0 Å². The zero-order valence-electron chi connectivity index (χ0n) is 11.2. The number of hydrogen-bond acceptors (Lipinski definition) is 4. The van der Waals surface area contributed by atoms with E-state index >= 15 is 0 Å². The van der Waals surface area contributed by atoms with Crippen LogP contribution >= 0.6 is 27.3 Å². The van der Waals surface area contributed by atoms with Gasteiger partial charge in [-0.1, -0.05) is 18.2 Å². The smallest absolute Gasteiger partial charge is 0.273 e. The third kappa shape index (κ3) is 2.63. The van der Waals surface area contributed by atoms with Gasteiger partial charge in [-0.2, -0.15) is 0 Å². The van der Waals surface area contributed by atoms with Crippen LogP contribution in [0.4, 0.5) is 5.69 Å². The lowest BCUT2D eigenvalue weighted by atomic mass is 9.98. The quantitative estimate of drug-likeness (QED) is 0.877. The minimum Gasteiger partial charge on any atom is -0.330 e. The highest BCUT2D eigenvalue weighted by molar-refractivity contribution is 9.11. The van der Waals surface area contributed by atoms with Crippen molar-refractivity contribution in [3.63, 3.8) is 0 Å². The molecule has 1 unspecified atom stereocenters. The van der Waals surface area contributed by atoms with Gasteiger partial charge < -0.3 is 5.73 Å². The summed E-state index contributed by atoms with van der Waals surface area (Å²) in [5, 5.41) is 0.